The van der Waals surface area contributed by atoms with Gasteiger partial charge in [0, 0.05) is 0 Å². The van der Waals surface area contributed by atoms with Gasteiger partial charge in [0.1, 0.15) is 0 Å². The minimum Gasteiger partial charge on any atom is -0.205 e. The molecule has 2 aromatic rings. The third-order valence-corrected chi connectivity index (χ3v) is 3.73. The summed E-state index contributed by atoms with van der Waals surface area (Å²) < 4.78 is 58.7. The molecular formula is C13H10F3NO3S. The zero-order valence-corrected chi connectivity index (χ0v) is 11.3. The van der Waals surface area contributed by atoms with Gasteiger partial charge in [-0.05, 0) is 23.3 Å². The van der Waals surface area contributed by atoms with Crippen LogP contribution in [0.2, 0.25) is 0 Å². The number of nitrogens with one attached hydrogen (secondary N) is 1. The van der Waals surface area contributed by atoms with Crippen molar-refractivity contribution in [2.75, 3.05) is 0 Å². The van der Waals surface area contributed by atoms with Crippen molar-refractivity contribution in [3.8, 4) is 11.1 Å². The number of sulfonamides is 1. The van der Waals surface area contributed by atoms with Crippen molar-refractivity contribution < 1.29 is 26.4 Å². The highest BCUT2D eigenvalue weighted by atomic mass is 32.2. The summed E-state index contributed by atoms with van der Waals surface area (Å²) >= 11 is 0. The first-order valence-corrected chi connectivity index (χ1v) is 7.18. The standard InChI is InChI=1S/C13H10F3NO3S/c14-13(15,16)20-17-21(18,19)12-8-6-11(7-9-12)10-4-2-1-3-5-10/h1-9,17H. The molecule has 0 saturated carbocycles. The fraction of sp³-hybridized carbons (Fsp3) is 0.0769. The molecule has 0 fully saturated rings. The third kappa shape index (κ3) is 4.28. The molecule has 0 aliphatic carbocycles. The molecule has 0 spiro atoms. The monoisotopic (exact) mass is 317 g/mol. The Hall–Kier alpha value is -1.90. The molecular weight excluding hydrogens is 307 g/mol. The molecule has 2 aromatic carbocycles. The molecule has 0 aliphatic heterocycles. The molecule has 0 atom stereocenters. The van der Waals surface area contributed by atoms with E-state index in [9.17, 15) is 21.6 Å². The first-order valence-electron chi connectivity index (χ1n) is 5.70. The van der Waals surface area contributed by atoms with E-state index in [2.05, 4.69) is 4.84 Å². The molecule has 0 radical (unpaired) electrons. The maximum atomic E-state index is 11.8. The molecule has 21 heavy (non-hydrogen) atoms. The molecule has 0 unspecified atom stereocenters. The smallest absolute Gasteiger partial charge is 0.205 e. The van der Waals surface area contributed by atoms with E-state index in [4.69, 9.17) is 0 Å². The summed E-state index contributed by atoms with van der Waals surface area (Å²) in [6, 6.07) is 14.5. The average molecular weight is 317 g/mol. The maximum Gasteiger partial charge on any atom is 0.539 e. The molecule has 0 heterocycles. The number of halogens is 3. The molecule has 8 heteroatoms. The lowest BCUT2D eigenvalue weighted by atomic mass is 10.1. The third-order valence-electron chi connectivity index (χ3n) is 2.54. The van der Waals surface area contributed by atoms with E-state index in [1.165, 1.54) is 24.3 Å². The first-order chi connectivity index (χ1) is 9.78. The van der Waals surface area contributed by atoms with E-state index >= 15 is 0 Å². The van der Waals surface area contributed by atoms with Gasteiger partial charge in [0.05, 0.1) is 4.90 Å². The SMILES string of the molecule is O=S(=O)(NOC(F)(F)F)c1ccc(-c2ccccc2)cc1. The number of benzene rings is 2. The number of hydrogen-bond acceptors (Lipinski definition) is 3. The van der Waals surface area contributed by atoms with Crippen molar-refractivity contribution in [3.05, 3.63) is 54.6 Å². The van der Waals surface area contributed by atoms with E-state index in [1.807, 2.05) is 30.3 Å². The van der Waals surface area contributed by atoms with Crippen LogP contribution in [0.3, 0.4) is 0 Å². The largest absolute Gasteiger partial charge is 0.539 e. The Bertz CT molecular complexity index is 698. The van der Waals surface area contributed by atoms with Crippen molar-refractivity contribution >= 4 is 10.0 Å². The molecule has 2 rings (SSSR count). The normalized spacial score (nSPS) is 12.3. The van der Waals surface area contributed by atoms with Crippen molar-refractivity contribution in [1.82, 2.24) is 4.89 Å². The highest BCUT2D eigenvalue weighted by Gasteiger charge is 2.32. The van der Waals surface area contributed by atoms with Gasteiger partial charge >= 0.3 is 6.36 Å². The summed E-state index contributed by atoms with van der Waals surface area (Å²) in [4.78, 5) is 3.82. The number of rotatable bonds is 4. The second-order valence-electron chi connectivity index (χ2n) is 4.02. The summed E-state index contributed by atoms with van der Waals surface area (Å²) in [5, 5.41) is 0. The maximum absolute atomic E-state index is 11.8. The van der Waals surface area contributed by atoms with Gasteiger partial charge in [0.15, 0.2) is 0 Å². The summed E-state index contributed by atoms with van der Waals surface area (Å²) in [6.45, 7) is 0. The van der Waals surface area contributed by atoms with Crippen LogP contribution in [0.25, 0.3) is 11.1 Å². The highest BCUT2D eigenvalue weighted by Crippen LogP contribution is 2.21. The topological polar surface area (TPSA) is 55.4 Å². The lowest BCUT2D eigenvalue weighted by Crippen LogP contribution is -2.31. The highest BCUT2D eigenvalue weighted by molar-refractivity contribution is 7.89. The van der Waals surface area contributed by atoms with E-state index in [1.54, 1.807) is 0 Å². The zero-order chi connectivity index (χ0) is 15.5. The Morgan fingerprint density at radius 1 is 0.857 bits per heavy atom. The Morgan fingerprint density at radius 2 is 1.38 bits per heavy atom. The molecule has 4 nitrogen and oxygen atoms in total. The molecule has 112 valence electrons. The quantitative estimate of drug-likeness (QED) is 0.882. The summed E-state index contributed by atoms with van der Waals surface area (Å²) in [5.74, 6) is 0. The Balaban J connectivity index is 2.19. The number of alkyl halides is 3. The summed E-state index contributed by atoms with van der Waals surface area (Å²) in [5.41, 5.74) is 1.60. The second-order valence-corrected chi connectivity index (χ2v) is 5.67. The van der Waals surface area contributed by atoms with Crippen LogP contribution in [-0.4, -0.2) is 14.8 Å². The Kier molecular flexibility index (Phi) is 4.31. The predicted molar refractivity (Wildman–Crippen MR) is 69.3 cm³/mol. The minimum atomic E-state index is -5.09. The van der Waals surface area contributed by atoms with Crippen LogP contribution in [0.15, 0.2) is 59.5 Å². The van der Waals surface area contributed by atoms with E-state index in [0.717, 1.165) is 16.0 Å². The summed E-state index contributed by atoms with van der Waals surface area (Å²) in [7, 11) is -4.38. The molecule has 1 N–H and O–H groups in total. The van der Waals surface area contributed by atoms with Crippen molar-refractivity contribution in [3.63, 3.8) is 0 Å². The van der Waals surface area contributed by atoms with Gasteiger partial charge in [-0.3, -0.25) is 0 Å². The van der Waals surface area contributed by atoms with Gasteiger partial charge in [-0.2, -0.15) is 4.84 Å². The van der Waals surface area contributed by atoms with Crippen LogP contribution >= 0.6 is 0 Å². The van der Waals surface area contributed by atoms with E-state index < -0.39 is 16.4 Å². The van der Waals surface area contributed by atoms with Crippen LogP contribution in [0.1, 0.15) is 0 Å². The van der Waals surface area contributed by atoms with Gasteiger partial charge in [0.25, 0.3) is 10.0 Å². The van der Waals surface area contributed by atoms with Crippen molar-refractivity contribution in [2.45, 2.75) is 11.3 Å². The van der Waals surface area contributed by atoms with Crippen molar-refractivity contribution in [2.24, 2.45) is 0 Å². The van der Waals surface area contributed by atoms with E-state index in [-0.39, 0.29) is 4.90 Å². The van der Waals surface area contributed by atoms with Gasteiger partial charge in [-0.25, -0.2) is 8.42 Å². The zero-order valence-electron chi connectivity index (χ0n) is 10.5. The van der Waals surface area contributed by atoms with Gasteiger partial charge < -0.3 is 0 Å². The average Bonchev–Trinajstić information content (AvgIpc) is 2.46. The lowest BCUT2D eigenvalue weighted by Gasteiger charge is -2.09. The van der Waals surface area contributed by atoms with Crippen LogP contribution < -0.4 is 4.89 Å². The van der Waals surface area contributed by atoms with Crippen LogP contribution in [0.4, 0.5) is 13.2 Å². The Morgan fingerprint density at radius 3 is 1.90 bits per heavy atom. The van der Waals surface area contributed by atoms with Crippen molar-refractivity contribution in [1.29, 1.82) is 0 Å². The van der Waals surface area contributed by atoms with Crippen LogP contribution in [-0.2, 0) is 14.9 Å². The molecule has 0 amide bonds. The lowest BCUT2D eigenvalue weighted by molar-refractivity contribution is -0.338. The second kappa shape index (κ2) is 5.84. The first kappa shape index (κ1) is 15.5. The molecule has 0 saturated heterocycles. The van der Waals surface area contributed by atoms with E-state index in [0.29, 0.717) is 0 Å². The fourth-order valence-corrected chi connectivity index (χ4v) is 2.40. The van der Waals surface area contributed by atoms with Gasteiger partial charge in [0.2, 0.25) is 0 Å². The van der Waals surface area contributed by atoms with Crippen LogP contribution in [0, 0.1) is 0 Å². The Labute approximate surface area is 119 Å². The molecule has 0 aromatic heterocycles. The predicted octanol–water partition coefficient (Wildman–Crippen LogP) is 3.08. The molecule has 0 bridgehead atoms. The molecule has 0 aliphatic rings. The summed E-state index contributed by atoms with van der Waals surface area (Å²) in [6.07, 6.45) is -5.09. The van der Waals surface area contributed by atoms with Gasteiger partial charge in [-0.1, -0.05) is 47.3 Å². The number of hydrogen-bond donors (Lipinski definition) is 1. The van der Waals surface area contributed by atoms with Crippen LogP contribution in [0.5, 0.6) is 0 Å². The van der Waals surface area contributed by atoms with Gasteiger partial charge in [-0.15, -0.1) is 13.2 Å². The fourth-order valence-electron chi connectivity index (χ4n) is 1.61. The minimum absolute atomic E-state index is 0.327.